The lowest BCUT2D eigenvalue weighted by atomic mass is 9.71. The molecular formula is C100H190N16O8. The number of hydrogen-bond donors (Lipinski definition) is 6. The highest BCUT2D eigenvalue weighted by Crippen LogP contribution is 2.48. The van der Waals surface area contributed by atoms with Crippen molar-refractivity contribution in [2.45, 2.75) is 529 Å². The fraction of sp³-hybridized carbons (Fsp3) is 0.920. The molecular weight excluding hydrogens is 1550 g/mol. The number of rotatable bonds is 67. The standard InChI is InChI=1S/C100H190N16O8/c1-23-29-33-37-43-55-67-121-113-93(7,8)71-79(72-94(113,9)10)83(59-27-5)103-89-105-87(101-63-51-47-49-61-85(117)118)107-91(109-89)111(81-75-97(15,16)115(98(17,18)76-81)123-69-57-45-39-35-31-25-3)65-53-41-42-54-66-112(82-77-99(19,20)116(100(21,22)78-82)124-70-58-46-40-36-32-26-4)92-108-88(102-64-52-48-50-62-86(119)120)106-90(110-92)104-84(60-28-6)80-73-95(11,12)114(96(13,14)74-80)122-68-56-44-38-34-30-24-2/h79-84H,23-78H2,1-22H3,(H,117,118)(H,119,120)(H2,101,103,105,107,109)(H2,102,104,106,108,110). The van der Waals surface area contributed by atoms with Gasteiger partial charge in [0.05, 0.1) is 26.4 Å². The van der Waals surface area contributed by atoms with Crippen LogP contribution >= 0.6 is 0 Å². The van der Waals surface area contributed by atoms with E-state index in [-0.39, 0.29) is 81.3 Å². The second-order valence-corrected chi connectivity index (χ2v) is 43.2. The molecule has 6 N–H and O–H groups in total. The molecule has 0 spiro atoms. The monoisotopic (exact) mass is 1740 g/mol. The number of unbranched alkanes of at least 4 members (excludes halogenated alkanes) is 27. The Labute approximate surface area is 757 Å². The van der Waals surface area contributed by atoms with Crippen LogP contribution in [-0.2, 0) is 28.9 Å². The summed E-state index contributed by atoms with van der Waals surface area (Å²) in [5.41, 5.74) is -2.17. The second kappa shape index (κ2) is 54.3. The number of carboxylic acid groups (broad SMARTS) is 2. The minimum atomic E-state index is -0.765. The summed E-state index contributed by atoms with van der Waals surface area (Å²) in [5.74, 6) is 2.69. The van der Waals surface area contributed by atoms with Crippen LogP contribution in [0.4, 0.5) is 35.7 Å². The van der Waals surface area contributed by atoms with Crippen LogP contribution in [-0.4, -0.2) is 193 Å². The number of hydrogen-bond acceptors (Lipinski definition) is 22. The molecule has 4 aliphatic rings. The van der Waals surface area contributed by atoms with Gasteiger partial charge in [-0.1, -0.05) is 208 Å². The summed E-state index contributed by atoms with van der Waals surface area (Å²) < 4.78 is 0. The number of hydroxylamine groups is 8. The van der Waals surface area contributed by atoms with Crippen LogP contribution in [0.1, 0.15) is 461 Å². The van der Waals surface area contributed by atoms with Crippen LogP contribution in [0.2, 0.25) is 0 Å². The van der Waals surface area contributed by atoms with Gasteiger partial charge in [0.2, 0.25) is 35.7 Å². The van der Waals surface area contributed by atoms with Crippen molar-refractivity contribution in [3.8, 4) is 0 Å². The molecule has 0 saturated carbocycles. The third kappa shape index (κ3) is 36.6. The highest BCUT2D eigenvalue weighted by molar-refractivity contribution is 5.66. The summed E-state index contributed by atoms with van der Waals surface area (Å²) in [7, 11) is 0. The Bertz CT molecular complexity index is 2980. The zero-order valence-electron chi connectivity index (χ0n) is 83.8. The van der Waals surface area contributed by atoms with Crippen molar-refractivity contribution in [1.82, 2.24) is 50.2 Å². The van der Waals surface area contributed by atoms with Crippen molar-refractivity contribution < 1.29 is 39.2 Å². The number of nitrogens with one attached hydrogen (secondary N) is 4. The maximum atomic E-state index is 11.6. The zero-order valence-corrected chi connectivity index (χ0v) is 83.8. The first-order valence-corrected chi connectivity index (χ1v) is 51.1. The number of anilines is 6. The van der Waals surface area contributed by atoms with Gasteiger partial charge in [-0.05, 0) is 251 Å². The number of carbonyl (C=O) groups is 2. The van der Waals surface area contributed by atoms with Crippen molar-refractivity contribution in [2.24, 2.45) is 11.8 Å². The lowest BCUT2D eigenvalue weighted by molar-refractivity contribution is -0.289. The Kier molecular flexibility index (Phi) is 47.4. The van der Waals surface area contributed by atoms with Crippen molar-refractivity contribution >= 4 is 47.6 Å². The molecule has 4 aliphatic heterocycles. The lowest BCUT2D eigenvalue weighted by Crippen LogP contribution is -2.64. The van der Waals surface area contributed by atoms with Crippen LogP contribution in [0, 0.1) is 11.8 Å². The van der Waals surface area contributed by atoms with E-state index in [9.17, 15) is 19.8 Å². The van der Waals surface area contributed by atoms with Crippen LogP contribution in [0.15, 0.2) is 0 Å². The Morgan fingerprint density at radius 3 is 0.831 bits per heavy atom. The maximum absolute atomic E-state index is 11.6. The Morgan fingerprint density at radius 2 is 0.565 bits per heavy atom. The van der Waals surface area contributed by atoms with E-state index in [1.54, 1.807) is 0 Å². The first-order valence-electron chi connectivity index (χ1n) is 51.1. The molecule has 0 bridgehead atoms. The Balaban J connectivity index is 1.39. The van der Waals surface area contributed by atoms with Gasteiger partial charge in [-0.25, -0.2) is 0 Å². The minimum Gasteiger partial charge on any atom is -0.481 e. The molecule has 0 aliphatic carbocycles. The number of aromatic nitrogens is 6. The van der Waals surface area contributed by atoms with Gasteiger partial charge in [0.25, 0.3) is 0 Å². The molecule has 2 unspecified atom stereocenters. The molecule has 2 atom stereocenters. The molecule has 124 heavy (non-hydrogen) atoms. The molecule has 0 amide bonds. The fourth-order valence-electron chi connectivity index (χ4n) is 22.1. The normalized spacial score (nSPS) is 19.8. The topological polar surface area (TPSA) is 256 Å². The SMILES string of the molecule is CCCCCCCCON1C(C)(C)CC(C(CCC)Nc2nc(NCCCCCC(=O)O)nc(N(CCCCCCN(c3nc(NCCCCCC(=O)O)nc(NC(CCC)C4CC(C)(C)N(OCCCCCCCC)C(C)(C)C4)n3)C3CC(C)(C)N(OCCCCCCCC)C(C)(C)C3)C3CC(C)(C)N(OCCCCCCCC)C(C)(C)C3)n2)CC1(C)C. The van der Waals surface area contributed by atoms with Crippen molar-refractivity contribution in [2.75, 3.05) is 83.7 Å². The van der Waals surface area contributed by atoms with E-state index in [2.05, 4.69) is 204 Å². The highest BCUT2D eigenvalue weighted by atomic mass is 16.7. The molecule has 6 rings (SSSR count). The number of carboxylic acids is 2. The van der Waals surface area contributed by atoms with Gasteiger partial charge < -0.3 is 41.3 Å². The van der Waals surface area contributed by atoms with E-state index in [4.69, 9.17) is 49.3 Å². The third-order valence-corrected chi connectivity index (χ3v) is 27.1. The van der Waals surface area contributed by atoms with E-state index in [1.807, 2.05) is 0 Å². The van der Waals surface area contributed by atoms with Crippen molar-refractivity contribution in [3.05, 3.63) is 0 Å². The number of nitrogens with zero attached hydrogens (tertiary/aromatic N) is 12. The van der Waals surface area contributed by atoms with Gasteiger partial charge in [-0.3, -0.25) is 28.9 Å². The maximum Gasteiger partial charge on any atom is 0.303 e. The molecule has 24 nitrogen and oxygen atoms in total. The van der Waals surface area contributed by atoms with E-state index in [1.165, 1.54) is 128 Å². The highest BCUT2D eigenvalue weighted by Gasteiger charge is 2.53. The first-order chi connectivity index (χ1) is 58.9. The summed E-state index contributed by atoms with van der Waals surface area (Å²) in [6.07, 6.45) is 48.7. The van der Waals surface area contributed by atoms with Crippen LogP contribution in [0.25, 0.3) is 0 Å². The van der Waals surface area contributed by atoms with E-state index in [0.717, 1.165) is 180 Å². The zero-order chi connectivity index (χ0) is 91.0. The van der Waals surface area contributed by atoms with Gasteiger partial charge in [0, 0.05) is 107 Å². The minimum absolute atomic E-state index is 0.0604. The summed E-state index contributed by atoms with van der Waals surface area (Å²) in [5, 5.41) is 43.9. The van der Waals surface area contributed by atoms with E-state index < -0.39 is 11.9 Å². The molecule has 718 valence electrons. The smallest absolute Gasteiger partial charge is 0.303 e. The average molecular weight is 1740 g/mol. The molecule has 0 aromatic carbocycles. The number of piperidine rings is 4. The molecule has 6 heterocycles. The van der Waals surface area contributed by atoms with Crippen LogP contribution < -0.4 is 31.1 Å². The first kappa shape index (κ1) is 108. The second-order valence-electron chi connectivity index (χ2n) is 43.2. The van der Waals surface area contributed by atoms with Gasteiger partial charge >= 0.3 is 11.9 Å². The molecule has 0 radical (unpaired) electrons. The fourth-order valence-corrected chi connectivity index (χ4v) is 22.1. The summed E-state index contributed by atoms with van der Waals surface area (Å²) in [6, 6.07) is 0.299. The summed E-state index contributed by atoms with van der Waals surface area (Å²) >= 11 is 0. The van der Waals surface area contributed by atoms with E-state index in [0.29, 0.717) is 86.7 Å². The molecule has 4 fully saturated rings. The average Bonchev–Trinajstić information content (AvgIpc) is 0.751. The molecule has 2 aromatic heterocycles. The molecule has 4 saturated heterocycles. The van der Waals surface area contributed by atoms with Gasteiger partial charge in [-0.2, -0.15) is 50.2 Å². The summed E-state index contributed by atoms with van der Waals surface area (Å²) in [4.78, 5) is 88.8. The van der Waals surface area contributed by atoms with Crippen molar-refractivity contribution in [1.29, 1.82) is 0 Å². The van der Waals surface area contributed by atoms with Gasteiger partial charge in [0.1, 0.15) is 0 Å². The van der Waals surface area contributed by atoms with Crippen LogP contribution in [0.5, 0.6) is 0 Å². The summed E-state index contributed by atoms with van der Waals surface area (Å²) in [6.45, 7) is 57.1. The molecule has 2 aromatic rings. The lowest BCUT2D eigenvalue weighted by Gasteiger charge is -2.55. The molecule has 24 heteroatoms. The van der Waals surface area contributed by atoms with Gasteiger partial charge in [-0.15, -0.1) is 0 Å². The number of aliphatic carboxylic acids is 2. The Morgan fingerprint density at radius 1 is 0.323 bits per heavy atom. The largest absolute Gasteiger partial charge is 0.481 e. The predicted molar refractivity (Wildman–Crippen MR) is 515 cm³/mol. The predicted octanol–water partition coefficient (Wildman–Crippen LogP) is 25.0. The van der Waals surface area contributed by atoms with Gasteiger partial charge in [0.15, 0.2) is 0 Å². The van der Waals surface area contributed by atoms with Crippen molar-refractivity contribution in [3.63, 3.8) is 0 Å². The quantitative estimate of drug-likeness (QED) is 0.0337. The van der Waals surface area contributed by atoms with E-state index >= 15 is 0 Å². The third-order valence-electron chi connectivity index (χ3n) is 27.1. The van der Waals surface area contributed by atoms with Crippen LogP contribution in [0.3, 0.4) is 0 Å². The Hall–Kier alpha value is -4.56.